The van der Waals surface area contributed by atoms with Crippen LogP contribution in [0.3, 0.4) is 0 Å². The second kappa shape index (κ2) is 12.6. The molecule has 1 aliphatic rings. The zero-order valence-corrected chi connectivity index (χ0v) is 26.2. The third-order valence-corrected chi connectivity index (χ3v) is 8.59. The molecule has 0 saturated heterocycles. The normalized spacial score (nSPS) is 11.6. The zero-order chi connectivity index (χ0) is 33.2. The molecule has 7 aromatic rings. The standard InChI is InChI=1S/C43H26N6/c44-27-32(28-45)40-36-22-12-13-23-38(36)49(33-18-8-3-9-19-33)39-25-24-31(26-37(39)40)34-20-10-11-21-35(34)43-47-41(29-14-4-1-5-15-29)46-42(48-43)30-16-6-2-7-17-30/h1-26H. The Morgan fingerprint density at radius 2 is 0.918 bits per heavy atom. The summed E-state index contributed by atoms with van der Waals surface area (Å²) in [5.74, 6) is 1.71. The van der Waals surface area contributed by atoms with Crippen molar-refractivity contribution in [3.05, 3.63) is 174 Å². The lowest BCUT2D eigenvalue weighted by Gasteiger charge is -2.35. The highest BCUT2D eigenvalue weighted by Gasteiger charge is 2.30. The number of nitrogens with zero attached hydrogens (tertiary/aromatic N) is 6. The van der Waals surface area contributed by atoms with Crippen LogP contribution in [-0.2, 0) is 0 Å². The largest absolute Gasteiger partial charge is 0.309 e. The molecule has 0 fully saturated rings. The highest BCUT2D eigenvalue weighted by atomic mass is 15.2. The monoisotopic (exact) mass is 626 g/mol. The highest BCUT2D eigenvalue weighted by molar-refractivity contribution is 6.04. The third-order valence-electron chi connectivity index (χ3n) is 8.59. The molecule has 0 amide bonds. The lowest BCUT2D eigenvalue weighted by atomic mass is 9.85. The molecule has 0 spiro atoms. The predicted octanol–water partition coefficient (Wildman–Crippen LogP) is 10.2. The van der Waals surface area contributed by atoms with Gasteiger partial charge in [-0.05, 0) is 41.5 Å². The van der Waals surface area contributed by atoms with Crippen molar-refractivity contribution in [1.82, 2.24) is 15.0 Å². The number of allylic oxidation sites excluding steroid dienone is 1. The van der Waals surface area contributed by atoms with E-state index in [1.54, 1.807) is 0 Å². The number of hydrogen-bond acceptors (Lipinski definition) is 6. The molecule has 1 aromatic heterocycles. The fraction of sp³-hybridized carbons (Fsp3) is 0. The van der Waals surface area contributed by atoms with Crippen LogP contribution >= 0.6 is 0 Å². The highest BCUT2D eigenvalue weighted by Crippen LogP contribution is 2.50. The van der Waals surface area contributed by atoms with Gasteiger partial charge in [-0.2, -0.15) is 10.5 Å². The molecule has 0 radical (unpaired) electrons. The average molecular weight is 627 g/mol. The summed E-state index contributed by atoms with van der Waals surface area (Å²) in [6.45, 7) is 0. The summed E-state index contributed by atoms with van der Waals surface area (Å²) in [7, 11) is 0. The van der Waals surface area contributed by atoms with E-state index in [0.717, 1.165) is 56.0 Å². The third kappa shape index (κ3) is 5.30. The summed E-state index contributed by atoms with van der Waals surface area (Å²) < 4.78 is 0. The summed E-state index contributed by atoms with van der Waals surface area (Å²) in [6, 6.07) is 56.4. The molecule has 0 N–H and O–H groups in total. The first-order chi connectivity index (χ1) is 24.2. The van der Waals surface area contributed by atoms with Crippen molar-refractivity contribution in [2.24, 2.45) is 0 Å². The van der Waals surface area contributed by atoms with Gasteiger partial charge in [-0.15, -0.1) is 0 Å². The number of nitriles is 2. The maximum Gasteiger partial charge on any atom is 0.164 e. The van der Waals surface area contributed by atoms with Crippen molar-refractivity contribution in [2.45, 2.75) is 0 Å². The van der Waals surface area contributed by atoms with E-state index in [0.29, 0.717) is 23.0 Å². The van der Waals surface area contributed by atoms with Gasteiger partial charge in [0, 0.05) is 39.1 Å². The van der Waals surface area contributed by atoms with Crippen molar-refractivity contribution >= 4 is 22.6 Å². The van der Waals surface area contributed by atoms with Gasteiger partial charge in [0.1, 0.15) is 17.7 Å². The van der Waals surface area contributed by atoms with Crippen LogP contribution in [0.5, 0.6) is 0 Å². The Kier molecular flexibility index (Phi) is 7.50. The van der Waals surface area contributed by atoms with Gasteiger partial charge in [-0.3, -0.25) is 0 Å². The van der Waals surface area contributed by atoms with Crippen LogP contribution < -0.4 is 4.90 Å². The SMILES string of the molecule is N#CC(C#N)=C1c2ccccc2N(c2ccccc2)c2ccc(-c3ccccc3-c3nc(-c4ccccc4)nc(-c4ccccc4)n3)cc21. The number of aromatic nitrogens is 3. The van der Waals surface area contributed by atoms with E-state index in [-0.39, 0.29) is 5.57 Å². The summed E-state index contributed by atoms with van der Waals surface area (Å²) in [6.07, 6.45) is 0. The minimum absolute atomic E-state index is 0.0596. The Balaban J connectivity index is 1.35. The summed E-state index contributed by atoms with van der Waals surface area (Å²) in [5, 5.41) is 20.3. The van der Waals surface area contributed by atoms with Gasteiger partial charge in [-0.1, -0.05) is 127 Å². The van der Waals surface area contributed by atoms with Gasteiger partial charge in [-0.25, -0.2) is 15.0 Å². The number of para-hydroxylation sites is 2. The lowest BCUT2D eigenvalue weighted by Crippen LogP contribution is -2.18. The first kappa shape index (κ1) is 29.3. The van der Waals surface area contributed by atoms with Crippen LogP contribution in [0.1, 0.15) is 11.1 Å². The van der Waals surface area contributed by atoms with Gasteiger partial charge in [0.2, 0.25) is 0 Å². The molecule has 0 unspecified atom stereocenters. The van der Waals surface area contributed by atoms with Crippen LogP contribution in [0.25, 0.3) is 50.9 Å². The minimum atomic E-state index is 0.0596. The molecule has 228 valence electrons. The molecule has 8 rings (SSSR count). The quantitative estimate of drug-likeness (QED) is 0.177. The average Bonchev–Trinajstić information content (AvgIpc) is 3.18. The van der Waals surface area contributed by atoms with Crippen molar-refractivity contribution in [3.63, 3.8) is 0 Å². The smallest absolute Gasteiger partial charge is 0.164 e. The Labute approximate surface area is 284 Å². The second-order valence-corrected chi connectivity index (χ2v) is 11.5. The molecular formula is C43H26N6. The van der Waals surface area contributed by atoms with Crippen LogP contribution in [-0.4, -0.2) is 15.0 Å². The van der Waals surface area contributed by atoms with E-state index in [1.165, 1.54) is 0 Å². The number of hydrogen-bond donors (Lipinski definition) is 0. The molecular weight excluding hydrogens is 601 g/mol. The van der Waals surface area contributed by atoms with Crippen molar-refractivity contribution < 1.29 is 0 Å². The van der Waals surface area contributed by atoms with Crippen LogP contribution in [0.4, 0.5) is 17.1 Å². The number of fused-ring (bicyclic) bond motifs is 2. The zero-order valence-electron chi connectivity index (χ0n) is 26.2. The van der Waals surface area contributed by atoms with Crippen molar-refractivity contribution in [1.29, 1.82) is 10.5 Å². The fourth-order valence-corrected chi connectivity index (χ4v) is 6.37. The van der Waals surface area contributed by atoms with Gasteiger partial charge in [0.05, 0.1) is 11.4 Å². The number of anilines is 3. The summed E-state index contributed by atoms with van der Waals surface area (Å²) in [5.41, 5.74) is 9.47. The maximum atomic E-state index is 10.2. The molecule has 1 aliphatic heterocycles. The van der Waals surface area contributed by atoms with E-state index in [1.807, 2.05) is 121 Å². The minimum Gasteiger partial charge on any atom is -0.309 e. The van der Waals surface area contributed by atoms with Gasteiger partial charge in [0.15, 0.2) is 17.5 Å². The van der Waals surface area contributed by atoms with Crippen molar-refractivity contribution in [3.8, 4) is 57.4 Å². The number of rotatable bonds is 5. The maximum absolute atomic E-state index is 10.2. The molecule has 0 aliphatic carbocycles. The van der Waals surface area contributed by atoms with E-state index in [2.05, 4.69) is 53.4 Å². The van der Waals surface area contributed by atoms with Gasteiger partial charge in [0.25, 0.3) is 0 Å². The Hall–Kier alpha value is -7.15. The lowest BCUT2D eigenvalue weighted by molar-refractivity contribution is 1.07. The molecule has 49 heavy (non-hydrogen) atoms. The van der Waals surface area contributed by atoms with Crippen LogP contribution in [0.2, 0.25) is 0 Å². The van der Waals surface area contributed by atoms with Gasteiger partial charge >= 0.3 is 0 Å². The first-order valence-corrected chi connectivity index (χ1v) is 15.8. The molecule has 6 aromatic carbocycles. The van der Waals surface area contributed by atoms with E-state index in [9.17, 15) is 10.5 Å². The summed E-state index contributed by atoms with van der Waals surface area (Å²) >= 11 is 0. The molecule has 6 heteroatoms. The van der Waals surface area contributed by atoms with E-state index in [4.69, 9.17) is 15.0 Å². The van der Waals surface area contributed by atoms with E-state index >= 15 is 0 Å². The Bertz CT molecular complexity index is 2380. The van der Waals surface area contributed by atoms with Crippen molar-refractivity contribution in [2.75, 3.05) is 4.90 Å². The topological polar surface area (TPSA) is 89.5 Å². The Morgan fingerprint density at radius 3 is 1.53 bits per heavy atom. The number of benzene rings is 6. The first-order valence-electron chi connectivity index (χ1n) is 15.8. The van der Waals surface area contributed by atoms with E-state index < -0.39 is 0 Å². The summed E-state index contributed by atoms with van der Waals surface area (Å²) in [4.78, 5) is 17.0. The second-order valence-electron chi connectivity index (χ2n) is 11.5. The van der Waals surface area contributed by atoms with Crippen LogP contribution in [0, 0.1) is 22.7 Å². The molecule has 0 saturated carbocycles. The molecule has 2 heterocycles. The Morgan fingerprint density at radius 1 is 0.429 bits per heavy atom. The molecule has 6 nitrogen and oxygen atoms in total. The molecule has 0 atom stereocenters. The van der Waals surface area contributed by atoms with Crippen LogP contribution in [0.15, 0.2) is 163 Å². The van der Waals surface area contributed by atoms with Gasteiger partial charge < -0.3 is 4.90 Å². The molecule has 0 bridgehead atoms. The predicted molar refractivity (Wildman–Crippen MR) is 194 cm³/mol. The fourth-order valence-electron chi connectivity index (χ4n) is 6.37.